The number of H-pyrrole nitrogens is 1. The van der Waals surface area contributed by atoms with Crippen molar-refractivity contribution in [1.29, 1.82) is 0 Å². The second-order valence-electron chi connectivity index (χ2n) is 3.85. The maximum absolute atomic E-state index is 12.0. The highest BCUT2D eigenvalue weighted by molar-refractivity contribution is 5.92. The minimum atomic E-state index is -0.301. The molecule has 0 bridgehead atoms. The number of nitrogens with one attached hydrogen (secondary N) is 2. The minimum Gasteiger partial charge on any atom is -0.332 e. The van der Waals surface area contributed by atoms with Gasteiger partial charge < -0.3 is 15.2 Å². The van der Waals surface area contributed by atoms with Crippen molar-refractivity contribution in [1.82, 2.24) is 20.2 Å². The maximum Gasteiger partial charge on any atom is 0.274 e. The third-order valence-electron chi connectivity index (χ3n) is 2.65. The zero-order valence-electron chi connectivity index (χ0n) is 9.06. The van der Waals surface area contributed by atoms with Crippen LogP contribution in [0.2, 0.25) is 0 Å². The first kappa shape index (κ1) is 10.8. The second-order valence-corrected chi connectivity index (χ2v) is 3.85. The molecule has 6 heteroatoms. The first-order chi connectivity index (χ1) is 7.68. The van der Waals surface area contributed by atoms with E-state index in [4.69, 9.17) is 0 Å². The Morgan fingerprint density at radius 3 is 3.06 bits per heavy atom. The fraction of sp³-hybridized carbons (Fsp3) is 0.500. The van der Waals surface area contributed by atoms with Gasteiger partial charge in [0.05, 0.1) is 6.20 Å². The van der Waals surface area contributed by atoms with Crippen LogP contribution in [0.25, 0.3) is 0 Å². The Balaban J connectivity index is 2.17. The van der Waals surface area contributed by atoms with Crippen molar-refractivity contribution >= 4 is 5.91 Å². The van der Waals surface area contributed by atoms with Crippen molar-refractivity contribution in [3.8, 4) is 0 Å². The van der Waals surface area contributed by atoms with Gasteiger partial charge in [-0.05, 0) is 6.92 Å². The van der Waals surface area contributed by atoms with Crippen LogP contribution in [-0.2, 0) is 0 Å². The molecule has 1 saturated heterocycles. The number of aromatic amines is 1. The van der Waals surface area contributed by atoms with E-state index in [2.05, 4.69) is 15.3 Å². The smallest absolute Gasteiger partial charge is 0.274 e. The molecule has 1 aliphatic heterocycles. The van der Waals surface area contributed by atoms with E-state index in [-0.39, 0.29) is 23.2 Å². The Hall–Kier alpha value is -1.69. The lowest BCUT2D eigenvalue weighted by Gasteiger charge is -2.33. The van der Waals surface area contributed by atoms with E-state index in [1.807, 2.05) is 6.92 Å². The predicted octanol–water partition coefficient (Wildman–Crippen LogP) is -0.796. The van der Waals surface area contributed by atoms with Gasteiger partial charge in [0.25, 0.3) is 11.5 Å². The molecule has 2 rings (SSSR count). The van der Waals surface area contributed by atoms with Crippen molar-refractivity contribution in [2.24, 2.45) is 0 Å². The van der Waals surface area contributed by atoms with Crippen LogP contribution in [0.1, 0.15) is 17.4 Å². The summed E-state index contributed by atoms with van der Waals surface area (Å²) in [6.45, 7) is 4.23. The molecule has 0 aliphatic carbocycles. The van der Waals surface area contributed by atoms with Crippen LogP contribution in [0.5, 0.6) is 0 Å². The molecule has 1 amide bonds. The van der Waals surface area contributed by atoms with Gasteiger partial charge >= 0.3 is 0 Å². The average Bonchev–Trinajstić information content (AvgIpc) is 2.30. The SMILES string of the molecule is CC1CNCCN1C(=O)c1c[nH]c(=O)cn1. The topological polar surface area (TPSA) is 78.1 Å². The van der Waals surface area contributed by atoms with Gasteiger partial charge in [0.2, 0.25) is 0 Å². The molecule has 1 aromatic rings. The molecule has 2 N–H and O–H groups in total. The number of nitrogens with zero attached hydrogens (tertiary/aromatic N) is 2. The molecule has 1 aliphatic rings. The van der Waals surface area contributed by atoms with Gasteiger partial charge in [0.15, 0.2) is 0 Å². The summed E-state index contributed by atoms with van der Waals surface area (Å²) >= 11 is 0. The van der Waals surface area contributed by atoms with Crippen molar-refractivity contribution in [2.75, 3.05) is 19.6 Å². The Morgan fingerprint density at radius 2 is 2.44 bits per heavy atom. The monoisotopic (exact) mass is 222 g/mol. The number of hydrogen-bond acceptors (Lipinski definition) is 4. The zero-order chi connectivity index (χ0) is 11.5. The summed E-state index contributed by atoms with van der Waals surface area (Å²) in [5.74, 6) is -0.134. The molecule has 16 heavy (non-hydrogen) atoms. The average molecular weight is 222 g/mol. The summed E-state index contributed by atoms with van der Waals surface area (Å²) in [6.07, 6.45) is 2.49. The largest absolute Gasteiger partial charge is 0.332 e. The number of carbonyl (C=O) groups excluding carboxylic acids is 1. The summed E-state index contributed by atoms with van der Waals surface area (Å²) in [6, 6.07) is 0.148. The molecule has 0 spiro atoms. The predicted molar refractivity (Wildman–Crippen MR) is 58.2 cm³/mol. The molecule has 86 valence electrons. The highest BCUT2D eigenvalue weighted by Crippen LogP contribution is 2.06. The molecular formula is C10H14N4O2. The second kappa shape index (κ2) is 4.44. The molecule has 6 nitrogen and oxygen atoms in total. The van der Waals surface area contributed by atoms with Crippen molar-refractivity contribution in [3.05, 3.63) is 28.4 Å². The highest BCUT2D eigenvalue weighted by Gasteiger charge is 2.24. The molecule has 1 atom stereocenters. The lowest BCUT2D eigenvalue weighted by Crippen LogP contribution is -2.52. The first-order valence-electron chi connectivity index (χ1n) is 5.25. The molecule has 2 heterocycles. The summed E-state index contributed by atoms with van der Waals surface area (Å²) < 4.78 is 0. The number of amides is 1. The quantitative estimate of drug-likeness (QED) is 0.652. The fourth-order valence-corrected chi connectivity index (χ4v) is 1.75. The molecule has 1 aromatic heterocycles. The summed E-state index contributed by atoms with van der Waals surface area (Å²) in [7, 11) is 0. The molecule has 1 unspecified atom stereocenters. The lowest BCUT2D eigenvalue weighted by atomic mass is 10.2. The maximum atomic E-state index is 12.0. The van der Waals surface area contributed by atoms with Crippen LogP contribution >= 0.6 is 0 Å². The van der Waals surface area contributed by atoms with Crippen molar-refractivity contribution in [3.63, 3.8) is 0 Å². The lowest BCUT2D eigenvalue weighted by molar-refractivity contribution is 0.0649. The normalized spacial score (nSPS) is 20.8. The van der Waals surface area contributed by atoms with Crippen LogP contribution in [-0.4, -0.2) is 46.5 Å². The standard InChI is InChI=1S/C10H14N4O2/c1-7-4-11-2-3-14(7)10(16)8-5-13-9(15)6-12-8/h5-7,11H,2-4H2,1H3,(H,13,15). The highest BCUT2D eigenvalue weighted by atomic mass is 16.2. The molecular weight excluding hydrogens is 208 g/mol. The van der Waals surface area contributed by atoms with Gasteiger partial charge in [-0.25, -0.2) is 4.98 Å². The van der Waals surface area contributed by atoms with E-state index in [1.54, 1.807) is 4.90 Å². The summed E-state index contributed by atoms with van der Waals surface area (Å²) in [5.41, 5.74) is -0.0155. The Labute approximate surface area is 92.7 Å². The third-order valence-corrected chi connectivity index (χ3v) is 2.65. The number of carbonyl (C=O) groups is 1. The molecule has 0 saturated carbocycles. The number of piperazine rings is 1. The van der Waals surface area contributed by atoms with E-state index in [1.165, 1.54) is 6.20 Å². The van der Waals surface area contributed by atoms with Gasteiger partial charge in [0.1, 0.15) is 5.69 Å². The van der Waals surface area contributed by atoms with Gasteiger partial charge in [-0.2, -0.15) is 0 Å². The number of hydrogen-bond donors (Lipinski definition) is 2. The van der Waals surface area contributed by atoms with E-state index >= 15 is 0 Å². The number of rotatable bonds is 1. The molecule has 1 fully saturated rings. The number of aromatic nitrogens is 2. The van der Waals surface area contributed by atoms with E-state index in [0.29, 0.717) is 6.54 Å². The van der Waals surface area contributed by atoms with E-state index in [9.17, 15) is 9.59 Å². The zero-order valence-corrected chi connectivity index (χ0v) is 9.06. The van der Waals surface area contributed by atoms with Gasteiger partial charge in [0, 0.05) is 31.9 Å². The fourth-order valence-electron chi connectivity index (χ4n) is 1.75. The van der Waals surface area contributed by atoms with Crippen LogP contribution in [0.3, 0.4) is 0 Å². The Kier molecular flexibility index (Phi) is 3.00. The summed E-state index contributed by atoms with van der Waals surface area (Å²) in [4.78, 5) is 30.9. The third kappa shape index (κ3) is 2.11. The van der Waals surface area contributed by atoms with Crippen LogP contribution in [0.15, 0.2) is 17.2 Å². The molecule has 0 radical (unpaired) electrons. The Morgan fingerprint density at radius 1 is 1.62 bits per heavy atom. The van der Waals surface area contributed by atoms with Crippen LogP contribution in [0.4, 0.5) is 0 Å². The minimum absolute atomic E-state index is 0.134. The van der Waals surface area contributed by atoms with Gasteiger partial charge in [-0.1, -0.05) is 0 Å². The van der Waals surface area contributed by atoms with Gasteiger partial charge in [-0.15, -0.1) is 0 Å². The van der Waals surface area contributed by atoms with E-state index < -0.39 is 0 Å². The van der Waals surface area contributed by atoms with Gasteiger partial charge in [-0.3, -0.25) is 9.59 Å². The molecule has 0 aromatic carbocycles. The first-order valence-corrected chi connectivity index (χ1v) is 5.25. The van der Waals surface area contributed by atoms with Crippen molar-refractivity contribution in [2.45, 2.75) is 13.0 Å². The van der Waals surface area contributed by atoms with E-state index in [0.717, 1.165) is 19.3 Å². The van der Waals surface area contributed by atoms with Crippen molar-refractivity contribution < 1.29 is 4.79 Å². The van der Waals surface area contributed by atoms with Crippen LogP contribution in [0, 0.1) is 0 Å². The Bertz CT molecular complexity index is 422. The summed E-state index contributed by atoms with van der Waals surface area (Å²) in [5, 5.41) is 3.21. The van der Waals surface area contributed by atoms with Crippen LogP contribution < -0.4 is 10.9 Å².